The Morgan fingerprint density at radius 1 is 1.15 bits per heavy atom. The lowest BCUT2D eigenvalue weighted by Crippen LogP contribution is -2.45. The van der Waals surface area contributed by atoms with Crippen molar-refractivity contribution < 1.29 is 19.5 Å². The second-order valence-electron chi connectivity index (χ2n) is 8.57. The summed E-state index contributed by atoms with van der Waals surface area (Å²) in [6, 6.07) is 13.6. The van der Waals surface area contributed by atoms with Crippen LogP contribution in [0.1, 0.15) is 23.1 Å². The Kier molecular flexibility index (Phi) is 6.42. The van der Waals surface area contributed by atoms with Crippen LogP contribution in [0.4, 0.5) is 10.5 Å². The first-order valence-electron chi connectivity index (χ1n) is 10.9. The van der Waals surface area contributed by atoms with E-state index in [1.54, 1.807) is 12.1 Å². The molecule has 4 rings (SSSR count). The molecule has 2 aliphatic rings. The van der Waals surface area contributed by atoms with Crippen molar-refractivity contribution in [2.75, 3.05) is 11.9 Å². The zero-order valence-electron chi connectivity index (χ0n) is 18.6. The highest BCUT2D eigenvalue weighted by atomic mass is 16.3. The standard InChI is InChI=1S/C26H27N3O4/c1-16-9-11-18(12-10-16)19-6-4-7-20(14-19)24(31)23-25(32)29(26(33)28-23)15-22(30)27-21-8-3-5-17(2)13-21/h3-13,20,23-24,31H,14-15H2,1-2H3,(H,27,30)(H,28,33). The second-order valence-corrected chi connectivity index (χ2v) is 8.57. The molecule has 7 nitrogen and oxygen atoms in total. The first-order chi connectivity index (χ1) is 15.8. The summed E-state index contributed by atoms with van der Waals surface area (Å²) >= 11 is 0. The molecule has 1 heterocycles. The van der Waals surface area contributed by atoms with Crippen molar-refractivity contribution in [3.05, 3.63) is 83.4 Å². The van der Waals surface area contributed by atoms with E-state index in [0.29, 0.717) is 12.1 Å². The number of benzene rings is 2. The maximum atomic E-state index is 12.9. The van der Waals surface area contributed by atoms with Crippen molar-refractivity contribution in [1.82, 2.24) is 10.2 Å². The number of rotatable bonds is 6. The van der Waals surface area contributed by atoms with Crippen molar-refractivity contribution in [3.63, 3.8) is 0 Å². The van der Waals surface area contributed by atoms with E-state index in [-0.39, 0.29) is 5.92 Å². The van der Waals surface area contributed by atoms with Gasteiger partial charge in [-0.1, -0.05) is 60.2 Å². The van der Waals surface area contributed by atoms with Crippen molar-refractivity contribution in [2.45, 2.75) is 32.4 Å². The lowest BCUT2D eigenvalue weighted by Gasteiger charge is -2.26. The first-order valence-corrected chi connectivity index (χ1v) is 10.9. The smallest absolute Gasteiger partial charge is 0.325 e. The molecular formula is C26H27N3O4. The minimum absolute atomic E-state index is 0.346. The summed E-state index contributed by atoms with van der Waals surface area (Å²) in [5.74, 6) is -1.44. The molecule has 7 heteroatoms. The summed E-state index contributed by atoms with van der Waals surface area (Å²) in [7, 11) is 0. The molecule has 3 atom stereocenters. The van der Waals surface area contributed by atoms with Gasteiger partial charge in [-0.15, -0.1) is 0 Å². The zero-order valence-corrected chi connectivity index (χ0v) is 18.6. The third kappa shape index (κ3) is 5.04. The number of aliphatic hydroxyl groups excluding tert-OH is 1. The van der Waals surface area contributed by atoms with Gasteiger partial charge in [0.15, 0.2) is 0 Å². The number of imide groups is 1. The Balaban J connectivity index is 1.39. The monoisotopic (exact) mass is 445 g/mol. The molecule has 2 aromatic carbocycles. The van der Waals surface area contributed by atoms with Crippen LogP contribution >= 0.6 is 0 Å². The van der Waals surface area contributed by atoms with E-state index in [2.05, 4.69) is 10.6 Å². The number of amides is 4. The Labute approximate surface area is 192 Å². The zero-order chi connectivity index (χ0) is 23.5. The van der Waals surface area contributed by atoms with E-state index in [1.165, 1.54) is 0 Å². The van der Waals surface area contributed by atoms with E-state index in [9.17, 15) is 19.5 Å². The van der Waals surface area contributed by atoms with Crippen LogP contribution in [0.5, 0.6) is 0 Å². The van der Waals surface area contributed by atoms with E-state index < -0.39 is 36.5 Å². The second kappa shape index (κ2) is 9.42. The number of urea groups is 1. The minimum atomic E-state index is -1.11. The van der Waals surface area contributed by atoms with Gasteiger partial charge in [0, 0.05) is 11.6 Å². The Morgan fingerprint density at radius 3 is 2.64 bits per heavy atom. The Bertz CT molecular complexity index is 1140. The number of allylic oxidation sites excluding steroid dienone is 3. The van der Waals surface area contributed by atoms with Crippen LogP contribution in [0.2, 0.25) is 0 Å². The van der Waals surface area contributed by atoms with Gasteiger partial charge in [0.1, 0.15) is 12.6 Å². The van der Waals surface area contributed by atoms with Gasteiger partial charge in [-0.2, -0.15) is 0 Å². The van der Waals surface area contributed by atoms with Gasteiger partial charge >= 0.3 is 6.03 Å². The van der Waals surface area contributed by atoms with Crippen LogP contribution in [-0.4, -0.2) is 46.5 Å². The van der Waals surface area contributed by atoms with E-state index in [1.807, 2.05) is 68.5 Å². The number of nitrogens with one attached hydrogen (secondary N) is 2. The maximum absolute atomic E-state index is 12.9. The third-order valence-corrected chi connectivity index (χ3v) is 5.97. The first kappa shape index (κ1) is 22.5. The fourth-order valence-corrected chi connectivity index (χ4v) is 4.16. The molecule has 4 amide bonds. The molecule has 0 bridgehead atoms. The van der Waals surface area contributed by atoms with Gasteiger partial charge < -0.3 is 15.7 Å². The number of carbonyl (C=O) groups is 3. The number of anilines is 1. The van der Waals surface area contributed by atoms with Crippen molar-refractivity contribution >= 4 is 29.1 Å². The quantitative estimate of drug-likeness (QED) is 0.595. The fraction of sp³-hybridized carbons (Fsp3) is 0.269. The van der Waals surface area contributed by atoms with E-state index >= 15 is 0 Å². The average molecular weight is 446 g/mol. The molecule has 1 fully saturated rings. The molecule has 33 heavy (non-hydrogen) atoms. The minimum Gasteiger partial charge on any atom is -0.390 e. The highest BCUT2D eigenvalue weighted by molar-refractivity contribution is 6.08. The summed E-state index contributed by atoms with van der Waals surface area (Å²) in [6.45, 7) is 3.50. The molecule has 3 unspecified atom stereocenters. The number of nitrogens with zero attached hydrogens (tertiary/aromatic N) is 1. The normalized spacial score (nSPS) is 20.9. The molecular weight excluding hydrogens is 418 g/mol. The molecule has 1 aliphatic carbocycles. The summed E-state index contributed by atoms with van der Waals surface area (Å²) in [5, 5.41) is 16.2. The SMILES string of the molecule is Cc1ccc(C2=CC=CC(C(O)C3NC(=O)N(CC(=O)Nc4cccc(C)c4)C3=O)C2)cc1. The van der Waals surface area contributed by atoms with E-state index in [0.717, 1.165) is 27.2 Å². The molecule has 170 valence electrons. The molecule has 3 N–H and O–H groups in total. The van der Waals surface area contributed by atoms with Crippen LogP contribution < -0.4 is 10.6 Å². The predicted molar refractivity (Wildman–Crippen MR) is 126 cm³/mol. The molecule has 0 saturated carbocycles. The van der Waals surface area contributed by atoms with Gasteiger partial charge in [0.2, 0.25) is 5.91 Å². The number of aliphatic hydroxyl groups is 1. The van der Waals surface area contributed by atoms with Crippen LogP contribution in [0.25, 0.3) is 5.57 Å². The van der Waals surface area contributed by atoms with Crippen LogP contribution in [0.15, 0.2) is 66.8 Å². The van der Waals surface area contributed by atoms with E-state index in [4.69, 9.17) is 0 Å². The molecule has 2 aromatic rings. The lowest BCUT2D eigenvalue weighted by atomic mass is 9.84. The van der Waals surface area contributed by atoms with Gasteiger partial charge in [0.05, 0.1) is 6.10 Å². The van der Waals surface area contributed by atoms with Crippen molar-refractivity contribution in [3.8, 4) is 0 Å². The number of carbonyl (C=O) groups excluding carboxylic acids is 3. The maximum Gasteiger partial charge on any atom is 0.325 e. The summed E-state index contributed by atoms with van der Waals surface area (Å²) in [5.41, 5.74) is 4.83. The number of hydrogen-bond donors (Lipinski definition) is 3. The largest absolute Gasteiger partial charge is 0.390 e. The van der Waals surface area contributed by atoms with Gasteiger partial charge in [0.25, 0.3) is 5.91 Å². The number of aryl methyl sites for hydroxylation is 2. The Morgan fingerprint density at radius 2 is 1.91 bits per heavy atom. The van der Waals surface area contributed by atoms with Gasteiger partial charge in [-0.05, 0) is 49.1 Å². The van der Waals surface area contributed by atoms with Crippen LogP contribution in [0, 0.1) is 19.8 Å². The summed E-state index contributed by atoms with van der Waals surface area (Å²) in [6.07, 6.45) is 5.12. The Hall–Kier alpha value is -3.71. The fourth-order valence-electron chi connectivity index (χ4n) is 4.16. The number of hydrogen-bond acceptors (Lipinski definition) is 4. The van der Waals surface area contributed by atoms with Gasteiger partial charge in [-0.25, -0.2) is 4.79 Å². The van der Waals surface area contributed by atoms with Gasteiger partial charge in [-0.3, -0.25) is 14.5 Å². The molecule has 0 spiro atoms. The summed E-state index contributed by atoms with van der Waals surface area (Å²) < 4.78 is 0. The highest BCUT2D eigenvalue weighted by Crippen LogP contribution is 2.31. The average Bonchev–Trinajstić information content (AvgIpc) is 3.07. The molecule has 0 aromatic heterocycles. The topological polar surface area (TPSA) is 98.7 Å². The summed E-state index contributed by atoms with van der Waals surface area (Å²) in [4.78, 5) is 38.6. The van der Waals surface area contributed by atoms with Crippen molar-refractivity contribution in [2.24, 2.45) is 5.92 Å². The predicted octanol–water partition coefficient (Wildman–Crippen LogP) is 3.18. The van der Waals surface area contributed by atoms with Crippen LogP contribution in [0.3, 0.4) is 0 Å². The third-order valence-electron chi connectivity index (χ3n) is 5.97. The lowest BCUT2D eigenvalue weighted by molar-refractivity contribution is -0.133. The molecule has 1 aliphatic heterocycles. The van der Waals surface area contributed by atoms with Crippen molar-refractivity contribution in [1.29, 1.82) is 0 Å². The molecule has 0 radical (unpaired) electrons. The van der Waals surface area contributed by atoms with Crippen LogP contribution in [-0.2, 0) is 9.59 Å². The highest BCUT2D eigenvalue weighted by Gasteiger charge is 2.44. The molecule has 1 saturated heterocycles.